The fraction of sp³-hybridized carbons (Fsp3) is 0.400. The number of hydrogen-bond acceptors (Lipinski definition) is 2. The first-order valence-corrected chi connectivity index (χ1v) is 8.28. The largest absolute Gasteiger partial charge is 0.496 e. The summed E-state index contributed by atoms with van der Waals surface area (Å²) in [5, 5.41) is 0. The first kappa shape index (κ1) is 15.1. The Balaban J connectivity index is 1.85. The molecule has 0 amide bonds. The second-order valence-corrected chi connectivity index (χ2v) is 6.04. The molecule has 2 aromatic rings. The van der Waals surface area contributed by atoms with Crippen LogP contribution in [0.1, 0.15) is 36.3 Å². The van der Waals surface area contributed by atoms with Crippen LogP contribution in [-0.2, 0) is 0 Å². The highest BCUT2D eigenvalue weighted by atomic mass is 16.5. The summed E-state index contributed by atoms with van der Waals surface area (Å²) in [6, 6.07) is 19.3. The third kappa shape index (κ3) is 3.50. The lowest BCUT2D eigenvalue weighted by Gasteiger charge is -2.23. The Morgan fingerprint density at radius 1 is 0.955 bits per heavy atom. The summed E-state index contributed by atoms with van der Waals surface area (Å²) in [5.74, 6) is 1.40. The first-order chi connectivity index (χ1) is 10.9. The van der Waals surface area contributed by atoms with Crippen LogP contribution >= 0.6 is 0 Å². The van der Waals surface area contributed by atoms with Crippen LogP contribution in [0.15, 0.2) is 54.6 Å². The molecule has 1 heterocycles. The molecule has 1 aliphatic rings. The molecule has 22 heavy (non-hydrogen) atoms. The summed E-state index contributed by atoms with van der Waals surface area (Å²) in [6.45, 7) is 3.68. The molecule has 0 radical (unpaired) electrons. The number of rotatable bonds is 6. The van der Waals surface area contributed by atoms with Crippen molar-refractivity contribution in [3.63, 3.8) is 0 Å². The zero-order chi connectivity index (χ0) is 15.2. The number of para-hydroxylation sites is 1. The zero-order valence-electron chi connectivity index (χ0n) is 13.4. The van der Waals surface area contributed by atoms with E-state index < -0.39 is 0 Å². The van der Waals surface area contributed by atoms with Gasteiger partial charge in [-0.25, -0.2) is 0 Å². The molecule has 1 saturated heterocycles. The smallest absolute Gasteiger partial charge is 0.122 e. The predicted octanol–water partition coefficient (Wildman–Crippen LogP) is 4.31. The monoisotopic (exact) mass is 295 g/mol. The van der Waals surface area contributed by atoms with Gasteiger partial charge in [-0.2, -0.15) is 0 Å². The molecule has 0 aliphatic carbocycles. The molecule has 0 spiro atoms. The third-order valence-corrected chi connectivity index (χ3v) is 4.65. The lowest BCUT2D eigenvalue weighted by atomic mass is 9.88. The van der Waals surface area contributed by atoms with E-state index in [2.05, 4.69) is 53.4 Å². The minimum absolute atomic E-state index is 0.401. The van der Waals surface area contributed by atoms with E-state index in [1.165, 1.54) is 37.1 Å². The standard InChI is InChI=1S/C20H25NO/c1-22-20-12-6-5-11-19(20)18(17-9-3-2-4-10-17)13-16-21-14-7-8-15-21/h2-6,9-12,18H,7-8,13-16H2,1H3. The molecule has 116 valence electrons. The fourth-order valence-electron chi connectivity index (χ4n) is 3.46. The van der Waals surface area contributed by atoms with Crippen molar-refractivity contribution in [3.05, 3.63) is 65.7 Å². The Bertz CT molecular complexity index is 575. The maximum absolute atomic E-state index is 5.61. The van der Waals surface area contributed by atoms with Gasteiger partial charge in [0.2, 0.25) is 0 Å². The lowest BCUT2D eigenvalue weighted by Crippen LogP contribution is -2.22. The summed E-state index contributed by atoms with van der Waals surface area (Å²) >= 11 is 0. The van der Waals surface area contributed by atoms with Gasteiger partial charge in [0.05, 0.1) is 7.11 Å². The van der Waals surface area contributed by atoms with Crippen LogP contribution in [0.5, 0.6) is 5.75 Å². The second kappa shape index (κ2) is 7.46. The van der Waals surface area contributed by atoms with Gasteiger partial charge in [0.1, 0.15) is 5.75 Å². The lowest BCUT2D eigenvalue weighted by molar-refractivity contribution is 0.325. The SMILES string of the molecule is COc1ccccc1C(CCN1CCCC1)c1ccccc1. The highest BCUT2D eigenvalue weighted by Crippen LogP contribution is 2.34. The van der Waals surface area contributed by atoms with Crippen molar-refractivity contribution < 1.29 is 4.74 Å². The summed E-state index contributed by atoms with van der Waals surface area (Å²) in [7, 11) is 1.77. The Morgan fingerprint density at radius 2 is 1.64 bits per heavy atom. The van der Waals surface area contributed by atoms with Gasteiger partial charge < -0.3 is 9.64 Å². The van der Waals surface area contributed by atoms with Gasteiger partial charge in [-0.1, -0.05) is 48.5 Å². The molecule has 1 unspecified atom stereocenters. The number of likely N-dealkylation sites (tertiary alicyclic amines) is 1. The van der Waals surface area contributed by atoms with Gasteiger partial charge in [0.25, 0.3) is 0 Å². The van der Waals surface area contributed by atoms with E-state index in [-0.39, 0.29) is 0 Å². The molecule has 2 aromatic carbocycles. The summed E-state index contributed by atoms with van der Waals surface area (Å²) in [4.78, 5) is 2.59. The number of methoxy groups -OCH3 is 1. The van der Waals surface area contributed by atoms with E-state index >= 15 is 0 Å². The first-order valence-electron chi connectivity index (χ1n) is 8.28. The Kier molecular flexibility index (Phi) is 5.12. The van der Waals surface area contributed by atoms with Crippen LogP contribution in [0.25, 0.3) is 0 Å². The molecule has 1 aliphatic heterocycles. The van der Waals surface area contributed by atoms with Crippen molar-refractivity contribution in [2.45, 2.75) is 25.2 Å². The van der Waals surface area contributed by atoms with E-state index in [9.17, 15) is 0 Å². The minimum atomic E-state index is 0.401. The zero-order valence-corrected chi connectivity index (χ0v) is 13.4. The molecule has 0 bridgehead atoms. The van der Waals surface area contributed by atoms with Gasteiger partial charge >= 0.3 is 0 Å². The molecule has 1 fully saturated rings. The predicted molar refractivity (Wildman–Crippen MR) is 91.6 cm³/mol. The molecule has 0 saturated carbocycles. The molecular weight excluding hydrogens is 270 g/mol. The molecule has 1 atom stereocenters. The average Bonchev–Trinajstić information content (AvgIpc) is 3.10. The average molecular weight is 295 g/mol. The van der Waals surface area contributed by atoms with Gasteiger partial charge in [0.15, 0.2) is 0 Å². The van der Waals surface area contributed by atoms with Crippen LogP contribution in [-0.4, -0.2) is 31.6 Å². The maximum atomic E-state index is 5.61. The maximum Gasteiger partial charge on any atom is 0.122 e. The van der Waals surface area contributed by atoms with Crippen LogP contribution in [0.4, 0.5) is 0 Å². The Labute approximate surface area is 133 Å². The van der Waals surface area contributed by atoms with Crippen molar-refractivity contribution in [3.8, 4) is 5.75 Å². The van der Waals surface area contributed by atoms with Crippen molar-refractivity contribution in [2.24, 2.45) is 0 Å². The van der Waals surface area contributed by atoms with Crippen molar-refractivity contribution >= 4 is 0 Å². The summed E-state index contributed by atoms with van der Waals surface area (Å²) < 4.78 is 5.61. The van der Waals surface area contributed by atoms with Crippen LogP contribution in [0.3, 0.4) is 0 Å². The summed E-state index contributed by atoms with van der Waals surface area (Å²) in [6.07, 6.45) is 3.85. The highest BCUT2D eigenvalue weighted by Gasteiger charge is 2.20. The molecule has 2 heteroatoms. The molecular formula is C20H25NO. The Morgan fingerprint density at radius 3 is 2.36 bits per heavy atom. The quantitative estimate of drug-likeness (QED) is 0.787. The Hall–Kier alpha value is -1.80. The highest BCUT2D eigenvalue weighted by molar-refractivity contribution is 5.42. The van der Waals surface area contributed by atoms with Gasteiger partial charge in [-0.15, -0.1) is 0 Å². The normalized spacial score (nSPS) is 16.6. The molecule has 3 rings (SSSR count). The van der Waals surface area contributed by atoms with Crippen LogP contribution < -0.4 is 4.74 Å². The third-order valence-electron chi connectivity index (χ3n) is 4.65. The number of benzene rings is 2. The number of hydrogen-bond donors (Lipinski definition) is 0. The van der Waals surface area contributed by atoms with Crippen molar-refractivity contribution in [1.29, 1.82) is 0 Å². The van der Waals surface area contributed by atoms with Gasteiger partial charge in [-0.05, 0) is 50.5 Å². The van der Waals surface area contributed by atoms with E-state index in [0.29, 0.717) is 5.92 Å². The topological polar surface area (TPSA) is 12.5 Å². The van der Waals surface area contributed by atoms with Gasteiger partial charge in [-0.3, -0.25) is 0 Å². The number of ether oxygens (including phenoxy) is 1. The van der Waals surface area contributed by atoms with Crippen LogP contribution in [0.2, 0.25) is 0 Å². The van der Waals surface area contributed by atoms with Crippen molar-refractivity contribution in [1.82, 2.24) is 4.90 Å². The van der Waals surface area contributed by atoms with Crippen molar-refractivity contribution in [2.75, 3.05) is 26.7 Å². The van der Waals surface area contributed by atoms with Crippen LogP contribution in [0, 0.1) is 0 Å². The van der Waals surface area contributed by atoms with E-state index in [0.717, 1.165) is 18.7 Å². The van der Waals surface area contributed by atoms with E-state index in [1.54, 1.807) is 7.11 Å². The molecule has 0 aromatic heterocycles. The second-order valence-electron chi connectivity index (χ2n) is 6.04. The molecule has 2 nitrogen and oxygen atoms in total. The minimum Gasteiger partial charge on any atom is -0.496 e. The fourth-order valence-corrected chi connectivity index (χ4v) is 3.46. The summed E-state index contributed by atoms with van der Waals surface area (Å²) in [5.41, 5.74) is 2.68. The van der Waals surface area contributed by atoms with Gasteiger partial charge in [0, 0.05) is 11.5 Å². The number of nitrogens with zero attached hydrogens (tertiary/aromatic N) is 1. The van der Waals surface area contributed by atoms with E-state index in [1.807, 2.05) is 6.07 Å². The van der Waals surface area contributed by atoms with E-state index in [4.69, 9.17) is 4.74 Å². The molecule has 0 N–H and O–H groups in total.